The highest BCUT2D eigenvalue weighted by atomic mass is 16.5. The van der Waals surface area contributed by atoms with E-state index in [1.165, 1.54) is 0 Å². The fourth-order valence-electron chi connectivity index (χ4n) is 4.13. The SMILES string of the molecule is COCCN1CN=C2N[C@@H](c3ccc(OC)cc3OC)n3c(nc4ccccc43)N2C1. The number of ether oxygens (including phenoxy) is 3. The first-order chi connectivity index (χ1) is 15.2. The van der Waals surface area contributed by atoms with Crippen LogP contribution in [0.15, 0.2) is 47.5 Å². The van der Waals surface area contributed by atoms with Crippen LogP contribution in [0.1, 0.15) is 11.7 Å². The van der Waals surface area contributed by atoms with Crippen molar-refractivity contribution in [3.63, 3.8) is 0 Å². The van der Waals surface area contributed by atoms with Gasteiger partial charge in [-0.3, -0.25) is 14.4 Å². The summed E-state index contributed by atoms with van der Waals surface area (Å²) in [5.74, 6) is 3.15. The summed E-state index contributed by atoms with van der Waals surface area (Å²) in [4.78, 5) is 14.1. The quantitative estimate of drug-likeness (QED) is 0.653. The van der Waals surface area contributed by atoms with Crippen LogP contribution in [0, 0.1) is 0 Å². The maximum absolute atomic E-state index is 5.71. The number of nitrogens with one attached hydrogen (secondary N) is 1. The van der Waals surface area contributed by atoms with Crippen molar-refractivity contribution in [2.45, 2.75) is 6.17 Å². The van der Waals surface area contributed by atoms with Crippen molar-refractivity contribution < 1.29 is 14.2 Å². The van der Waals surface area contributed by atoms with Crippen LogP contribution in [-0.2, 0) is 4.74 Å². The van der Waals surface area contributed by atoms with E-state index in [0.717, 1.165) is 46.5 Å². The minimum Gasteiger partial charge on any atom is -0.497 e. The van der Waals surface area contributed by atoms with Crippen LogP contribution < -0.4 is 19.7 Å². The van der Waals surface area contributed by atoms with Gasteiger partial charge in [0.1, 0.15) is 17.7 Å². The second kappa shape index (κ2) is 8.09. The summed E-state index contributed by atoms with van der Waals surface area (Å²) >= 11 is 0. The topological polar surface area (TPSA) is 76.4 Å². The molecule has 2 aliphatic heterocycles. The van der Waals surface area contributed by atoms with Gasteiger partial charge < -0.3 is 19.5 Å². The molecule has 2 aromatic carbocycles. The Balaban J connectivity index is 1.63. The highest BCUT2D eigenvalue weighted by molar-refractivity contribution is 5.99. The molecular weight excluding hydrogens is 396 g/mol. The third-order valence-corrected chi connectivity index (χ3v) is 5.71. The smallest absolute Gasteiger partial charge is 0.216 e. The van der Waals surface area contributed by atoms with E-state index in [4.69, 9.17) is 24.2 Å². The molecule has 0 spiro atoms. The molecule has 5 rings (SSSR count). The molecule has 2 aliphatic rings. The average molecular weight is 422 g/mol. The number of hydrogen-bond acceptors (Lipinski definition) is 8. The molecule has 1 atom stereocenters. The van der Waals surface area contributed by atoms with E-state index < -0.39 is 0 Å². The van der Waals surface area contributed by atoms with Crippen LogP contribution in [0.2, 0.25) is 0 Å². The Labute approximate surface area is 180 Å². The van der Waals surface area contributed by atoms with Crippen LogP contribution in [0.5, 0.6) is 11.5 Å². The summed E-state index contributed by atoms with van der Waals surface area (Å²) in [5, 5.41) is 3.62. The standard InChI is InChI=1S/C22H26N6O3/c1-29-11-10-26-13-23-21-25-20(16-9-8-15(30-2)12-19(16)31-3)28-18-7-5-4-6-17(18)24-22(28)27(21)14-26/h4-9,12,20H,10-11,13-14H2,1-3H3,(H,23,25)/t20-/m1/s1. The van der Waals surface area contributed by atoms with Crippen molar-refractivity contribution >= 4 is 22.9 Å². The molecule has 0 saturated carbocycles. The number of methoxy groups -OCH3 is 3. The lowest BCUT2D eigenvalue weighted by atomic mass is 10.1. The van der Waals surface area contributed by atoms with Crippen LogP contribution in [0.3, 0.4) is 0 Å². The molecule has 1 aromatic heterocycles. The van der Waals surface area contributed by atoms with E-state index in [-0.39, 0.29) is 6.17 Å². The van der Waals surface area contributed by atoms with Gasteiger partial charge in [0.2, 0.25) is 11.9 Å². The molecule has 0 fully saturated rings. The fourth-order valence-corrected chi connectivity index (χ4v) is 4.13. The van der Waals surface area contributed by atoms with Crippen molar-refractivity contribution in [2.24, 2.45) is 4.99 Å². The van der Waals surface area contributed by atoms with Crippen molar-refractivity contribution in [1.29, 1.82) is 0 Å². The van der Waals surface area contributed by atoms with Crippen LogP contribution >= 0.6 is 0 Å². The fraction of sp³-hybridized carbons (Fsp3) is 0.364. The van der Waals surface area contributed by atoms with Gasteiger partial charge in [-0.15, -0.1) is 0 Å². The normalized spacial score (nSPS) is 18.2. The third kappa shape index (κ3) is 3.35. The van der Waals surface area contributed by atoms with Crippen molar-refractivity contribution in [2.75, 3.05) is 52.7 Å². The summed E-state index contributed by atoms with van der Waals surface area (Å²) < 4.78 is 18.6. The molecule has 9 heteroatoms. The zero-order chi connectivity index (χ0) is 21.4. The number of aliphatic imine (C=N–C) groups is 1. The minimum atomic E-state index is -0.219. The van der Waals surface area contributed by atoms with Gasteiger partial charge in [-0.1, -0.05) is 12.1 Å². The lowest BCUT2D eigenvalue weighted by Gasteiger charge is -2.41. The predicted molar refractivity (Wildman–Crippen MR) is 119 cm³/mol. The van der Waals surface area contributed by atoms with Gasteiger partial charge in [-0.2, -0.15) is 0 Å². The number of aromatic nitrogens is 2. The molecule has 1 N–H and O–H groups in total. The number of guanidine groups is 1. The number of hydrogen-bond donors (Lipinski definition) is 1. The molecule has 0 unspecified atom stereocenters. The highest BCUT2D eigenvalue weighted by Gasteiger charge is 2.36. The first-order valence-corrected chi connectivity index (χ1v) is 10.2. The van der Waals surface area contributed by atoms with E-state index >= 15 is 0 Å². The number of anilines is 1. The van der Waals surface area contributed by atoms with Crippen molar-refractivity contribution in [3.05, 3.63) is 48.0 Å². The Morgan fingerprint density at radius 3 is 2.77 bits per heavy atom. The Morgan fingerprint density at radius 2 is 1.97 bits per heavy atom. The summed E-state index contributed by atoms with van der Waals surface area (Å²) in [5.41, 5.74) is 2.96. The molecular formula is C22H26N6O3. The molecule has 3 heterocycles. The average Bonchev–Trinajstić information content (AvgIpc) is 3.22. The van der Waals surface area contributed by atoms with Crippen molar-refractivity contribution in [1.82, 2.24) is 19.8 Å². The van der Waals surface area contributed by atoms with E-state index in [9.17, 15) is 0 Å². The molecule has 162 valence electrons. The number of imidazole rings is 1. The van der Waals surface area contributed by atoms with Crippen LogP contribution in [-0.4, -0.2) is 68.2 Å². The zero-order valence-electron chi connectivity index (χ0n) is 17.9. The van der Waals surface area contributed by atoms with E-state index in [1.54, 1.807) is 21.3 Å². The van der Waals surface area contributed by atoms with Crippen molar-refractivity contribution in [3.8, 4) is 11.5 Å². The van der Waals surface area contributed by atoms with Gasteiger partial charge in [0.15, 0.2) is 0 Å². The van der Waals surface area contributed by atoms with E-state index in [2.05, 4.69) is 25.8 Å². The number of para-hydroxylation sites is 2. The van der Waals surface area contributed by atoms with E-state index in [1.807, 2.05) is 36.4 Å². The molecule has 31 heavy (non-hydrogen) atoms. The second-order valence-electron chi connectivity index (χ2n) is 7.51. The van der Waals surface area contributed by atoms with Gasteiger partial charge in [0, 0.05) is 25.3 Å². The van der Waals surface area contributed by atoms with Crippen LogP contribution in [0.25, 0.3) is 11.0 Å². The molecule has 0 aliphatic carbocycles. The lowest BCUT2D eigenvalue weighted by Crippen LogP contribution is -2.57. The largest absolute Gasteiger partial charge is 0.497 e. The zero-order valence-corrected chi connectivity index (χ0v) is 17.9. The number of rotatable bonds is 6. The summed E-state index contributed by atoms with van der Waals surface area (Å²) in [7, 11) is 5.04. The maximum Gasteiger partial charge on any atom is 0.216 e. The van der Waals surface area contributed by atoms with Gasteiger partial charge in [-0.05, 0) is 24.3 Å². The second-order valence-corrected chi connectivity index (χ2v) is 7.51. The number of nitrogens with zero attached hydrogens (tertiary/aromatic N) is 5. The summed E-state index contributed by atoms with van der Waals surface area (Å²) in [6, 6.07) is 14.0. The number of benzene rings is 2. The first kappa shape index (κ1) is 19.7. The molecule has 3 aromatic rings. The Bertz CT molecular complexity index is 1130. The maximum atomic E-state index is 5.71. The lowest BCUT2D eigenvalue weighted by molar-refractivity contribution is 0.147. The first-order valence-electron chi connectivity index (χ1n) is 10.2. The molecule has 0 radical (unpaired) electrons. The van der Waals surface area contributed by atoms with Gasteiger partial charge in [-0.25, -0.2) is 9.98 Å². The summed E-state index contributed by atoms with van der Waals surface area (Å²) in [6.45, 7) is 2.76. The monoisotopic (exact) mass is 422 g/mol. The Hall–Kier alpha value is -3.30. The summed E-state index contributed by atoms with van der Waals surface area (Å²) in [6.07, 6.45) is -0.219. The molecule has 0 saturated heterocycles. The highest BCUT2D eigenvalue weighted by Crippen LogP contribution is 2.38. The van der Waals surface area contributed by atoms with E-state index in [0.29, 0.717) is 19.9 Å². The Morgan fingerprint density at radius 1 is 1.10 bits per heavy atom. The minimum absolute atomic E-state index is 0.219. The number of fused-ring (bicyclic) bond motifs is 5. The third-order valence-electron chi connectivity index (χ3n) is 5.71. The Kier molecular flexibility index (Phi) is 5.13. The molecule has 0 bridgehead atoms. The van der Waals surface area contributed by atoms with Crippen LogP contribution in [0.4, 0.5) is 5.95 Å². The van der Waals surface area contributed by atoms with Gasteiger partial charge in [0.05, 0.1) is 45.2 Å². The molecule has 9 nitrogen and oxygen atoms in total. The predicted octanol–water partition coefficient (Wildman–Crippen LogP) is 2.24. The van der Waals surface area contributed by atoms with Gasteiger partial charge in [0.25, 0.3) is 0 Å². The molecule has 0 amide bonds. The van der Waals surface area contributed by atoms with Gasteiger partial charge >= 0.3 is 0 Å².